The van der Waals surface area contributed by atoms with E-state index in [1.807, 2.05) is 0 Å². The van der Waals surface area contributed by atoms with Crippen LogP contribution in [0.5, 0.6) is 0 Å². The highest BCUT2D eigenvalue weighted by Gasteiger charge is 2.35. The maximum atomic E-state index is 13.9. The normalized spacial score (nSPS) is 14.4. The van der Waals surface area contributed by atoms with Crippen LogP contribution in [0, 0.1) is 11.8 Å². The number of carboxylic acid groups (broad SMARTS) is 3. The van der Waals surface area contributed by atoms with Crippen LogP contribution in [0.3, 0.4) is 0 Å². The summed E-state index contributed by atoms with van der Waals surface area (Å²) in [5, 5.41) is 49.9. The van der Waals surface area contributed by atoms with Crippen LogP contribution in [0.15, 0.2) is 9.98 Å². The van der Waals surface area contributed by atoms with Crippen molar-refractivity contribution in [3.8, 4) is 0 Å². The number of carbonyl (C=O) groups excluding carboxylic acids is 9. The molecule has 0 radical (unpaired) electrons. The van der Waals surface area contributed by atoms with Crippen molar-refractivity contribution >= 4 is 83.0 Å². The van der Waals surface area contributed by atoms with E-state index in [2.05, 4.69) is 57.8 Å². The van der Waals surface area contributed by atoms with Crippen molar-refractivity contribution in [2.45, 2.75) is 167 Å². The Morgan fingerprint density at radius 1 is 0.447 bits per heavy atom. The first-order chi connectivity index (χ1) is 35.4. The van der Waals surface area contributed by atoms with Crippen molar-refractivity contribution in [2.75, 3.05) is 19.6 Å². The van der Waals surface area contributed by atoms with E-state index >= 15 is 0 Å². The number of nitrogens with one attached hydrogen (secondary N) is 9. The fourth-order valence-electron chi connectivity index (χ4n) is 6.87. The van der Waals surface area contributed by atoms with Crippen LogP contribution in [-0.2, 0) is 57.5 Å². The van der Waals surface area contributed by atoms with E-state index < -0.39 is 145 Å². The molecule has 76 heavy (non-hydrogen) atoms. The van der Waals surface area contributed by atoms with E-state index in [9.17, 15) is 72.9 Å². The van der Waals surface area contributed by atoms with Crippen molar-refractivity contribution in [1.29, 1.82) is 0 Å². The number of aliphatic carboxylic acids is 3. The summed E-state index contributed by atoms with van der Waals surface area (Å²) in [4.78, 5) is 163. The summed E-state index contributed by atoms with van der Waals surface area (Å²) in [5.41, 5.74) is 27.2. The molecule has 0 spiro atoms. The lowest BCUT2D eigenvalue weighted by molar-refractivity contribution is -0.142. The van der Waals surface area contributed by atoms with Gasteiger partial charge in [-0.05, 0) is 70.1 Å². The molecule has 0 aliphatic rings. The average Bonchev–Trinajstić information content (AvgIpc) is 3.31. The number of carboxylic acids is 3. The minimum absolute atomic E-state index is 0.0132. The van der Waals surface area contributed by atoms with Crippen LogP contribution >= 0.6 is 0 Å². The van der Waals surface area contributed by atoms with Crippen LogP contribution < -0.4 is 76.5 Å². The molecule has 0 aromatic carbocycles. The monoisotopic (exact) mass is 1080 g/mol. The van der Waals surface area contributed by atoms with Gasteiger partial charge in [-0.15, -0.1) is 0 Å². The number of aliphatic imine (C=N–C) groups is 2. The third-order valence-corrected chi connectivity index (χ3v) is 10.8. The summed E-state index contributed by atoms with van der Waals surface area (Å²) in [7, 11) is 0. The van der Waals surface area contributed by atoms with Gasteiger partial charge in [-0.2, -0.15) is 0 Å². The van der Waals surface area contributed by atoms with Crippen LogP contribution in [0.25, 0.3) is 0 Å². The predicted molar refractivity (Wildman–Crippen MR) is 274 cm³/mol. The summed E-state index contributed by atoms with van der Waals surface area (Å²) in [6.07, 6.45) is -1.56. The molecule has 0 saturated carbocycles. The Kier molecular flexibility index (Phi) is 31.7. The van der Waals surface area contributed by atoms with Crippen LogP contribution in [0.1, 0.15) is 113 Å². The molecule has 31 nitrogen and oxygen atoms in total. The summed E-state index contributed by atoms with van der Waals surface area (Å²) >= 11 is 0. The standard InChI is InChI=1S/C45H80N16O15/c1-8-25(37(69)57-26(9-2)43(75)76)56-38(70)27(13-11-15-52-45(49)50)58-40(72)28(16-21(3)4)59-35(67)23(7)54-39(71)31(19-34(65)66)61-41(73)29(17-22(5)6)60-42(74)30(18-33(63)64)55-32(62)20-53-36(68)24(46)12-10-14-51-44(47)48/h21-31H,8-20,46H2,1-7H3,(H,53,68)(H,54,71)(H,55,62)(H,56,70)(H,57,69)(H,58,72)(H,59,67)(H,60,74)(H,61,73)(H,63,64)(H,65,66)(H,75,76)(H4,47,48,51)(H4,49,50,52)/t23-,24-,25-,26-,27-,28-,29-,30-,31+/m0/s1. The minimum Gasteiger partial charge on any atom is -0.481 e. The molecule has 0 bridgehead atoms. The summed E-state index contributed by atoms with van der Waals surface area (Å²) in [5.74, 6) is -14.1. The molecule has 0 fully saturated rings. The molecular formula is C45H80N16O15. The smallest absolute Gasteiger partial charge is 0.326 e. The zero-order valence-electron chi connectivity index (χ0n) is 44.1. The number of nitrogens with two attached hydrogens (primary N) is 5. The molecule has 0 aromatic heterocycles. The number of carbonyl (C=O) groups is 12. The zero-order chi connectivity index (χ0) is 58.4. The molecule has 0 unspecified atom stereocenters. The highest BCUT2D eigenvalue weighted by molar-refractivity contribution is 5.99. The molecule has 0 aliphatic carbocycles. The van der Waals surface area contributed by atoms with Gasteiger partial charge in [-0.1, -0.05) is 41.5 Å². The van der Waals surface area contributed by atoms with Crippen molar-refractivity contribution in [3.05, 3.63) is 0 Å². The fraction of sp³-hybridized carbons (Fsp3) is 0.689. The second-order valence-electron chi connectivity index (χ2n) is 18.5. The first-order valence-corrected chi connectivity index (χ1v) is 24.6. The van der Waals surface area contributed by atoms with Gasteiger partial charge in [0, 0.05) is 13.1 Å². The topological polar surface area (TPSA) is 529 Å². The number of hydrogen-bond donors (Lipinski definition) is 17. The lowest BCUT2D eigenvalue weighted by Crippen LogP contribution is -2.60. The van der Waals surface area contributed by atoms with E-state index in [0.29, 0.717) is 6.42 Å². The molecule has 0 aromatic rings. The second kappa shape index (κ2) is 35.4. The van der Waals surface area contributed by atoms with Gasteiger partial charge in [-0.3, -0.25) is 62.7 Å². The minimum atomic E-state index is -1.89. The van der Waals surface area contributed by atoms with E-state index in [0.717, 1.165) is 0 Å². The molecule has 0 saturated heterocycles. The molecular weight excluding hydrogens is 1000 g/mol. The molecule has 31 heteroatoms. The largest absolute Gasteiger partial charge is 0.481 e. The quantitative estimate of drug-likeness (QED) is 0.0157. The molecule has 22 N–H and O–H groups in total. The van der Waals surface area contributed by atoms with Gasteiger partial charge < -0.3 is 91.8 Å². The Bertz CT molecular complexity index is 2080. The SMILES string of the molecule is CC[C@H](NC(=O)[C@H](CC)NC(=O)[C@H](CCCN=C(N)N)NC(=O)[C@H](CC(C)C)NC(=O)[C@H](C)NC(=O)[C@@H](CC(=O)O)NC(=O)[C@H](CC(C)C)NC(=O)[C@H](CC(=O)O)NC(=O)CNC(=O)[C@@H](N)CCCN=C(N)N)C(=O)O. The second-order valence-corrected chi connectivity index (χ2v) is 18.5. The number of guanidine groups is 2. The van der Waals surface area contributed by atoms with Gasteiger partial charge in [0.15, 0.2) is 11.9 Å². The number of nitrogens with zero attached hydrogens (tertiary/aromatic N) is 2. The van der Waals surface area contributed by atoms with Gasteiger partial charge in [0.05, 0.1) is 25.4 Å². The highest BCUT2D eigenvalue weighted by Crippen LogP contribution is 2.11. The third-order valence-electron chi connectivity index (χ3n) is 10.8. The average molecular weight is 1090 g/mol. The van der Waals surface area contributed by atoms with Gasteiger partial charge in [0.1, 0.15) is 48.3 Å². The van der Waals surface area contributed by atoms with Crippen molar-refractivity contribution in [1.82, 2.24) is 47.9 Å². The van der Waals surface area contributed by atoms with Gasteiger partial charge in [0.2, 0.25) is 53.2 Å². The van der Waals surface area contributed by atoms with Crippen molar-refractivity contribution in [2.24, 2.45) is 50.5 Å². The Hall–Kier alpha value is -7.86. The van der Waals surface area contributed by atoms with Crippen LogP contribution in [0.2, 0.25) is 0 Å². The Morgan fingerprint density at radius 2 is 0.816 bits per heavy atom. The van der Waals surface area contributed by atoms with Crippen molar-refractivity contribution < 1.29 is 72.9 Å². The van der Waals surface area contributed by atoms with Crippen LogP contribution in [0.4, 0.5) is 0 Å². The lowest BCUT2D eigenvalue weighted by Gasteiger charge is -2.27. The summed E-state index contributed by atoms with van der Waals surface area (Å²) in [6, 6.07) is -13.0. The first kappa shape index (κ1) is 68.1. The zero-order valence-corrected chi connectivity index (χ0v) is 44.1. The number of rotatable bonds is 37. The van der Waals surface area contributed by atoms with E-state index in [4.69, 9.17) is 28.7 Å². The Morgan fingerprint density at radius 3 is 1.26 bits per heavy atom. The number of hydrogen-bond acceptors (Lipinski definition) is 15. The molecule has 0 heterocycles. The predicted octanol–water partition coefficient (Wildman–Crippen LogP) is -5.62. The van der Waals surface area contributed by atoms with Gasteiger partial charge in [-0.25, -0.2) is 4.79 Å². The molecule has 0 aliphatic heterocycles. The lowest BCUT2D eigenvalue weighted by atomic mass is 10.0. The van der Waals surface area contributed by atoms with E-state index in [-0.39, 0.29) is 81.8 Å². The number of amides is 9. The fourth-order valence-corrected chi connectivity index (χ4v) is 6.87. The van der Waals surface area contributed by atoms with E-state index in [1.165, 1.54) is 6.92 Å². The summed E-state index contributed by atoms with van der Waals surface area (Å²) in [6.45, 7) is 10.5. The Balaban J connectivity index is 6.28. The molecule has 0 rings (SSSR count). The van der Waals surface area contributed by atoms with Crippen molar-refractivity contribution in [3.63, 3.8) is 0 Å². The first-order valence-electron chi connectivity index (χ1n) is 24.6. The summed E-state index contributed by atoms with van der Waals surface area (Å²) < 4.78 is 0. The maximum Gasteiger partial charge on any atom is 0.326 e. The van der Waals surface area contributed by atoms with E-state index in [1.54, 1.807) is 41.5 Å². The third kappa shape index (κ3) is 28.6. The highest BCUT2D eigenvalue weighted by atomic mass is 16.4. The molecule has 9 atom stereocenters. The van der Waals surface area contributed by atoms with Gasteiger partial charge >= 0.3 is 17.9 Å². The maximum absolute atomic E-state index is 13.9. The molecule has 9 amide bonds. The van der Waals surface area contributed by atoms with Gasteiger partial charge in [0.25, 0.3) is 0 Å². The molecule has 430 valence electrons. The van der Waals surface area contributed by atoms with Crippen LogP contribution in [-0.4, -0.2) is 172 Å². The Labute approximate surface area is 440 Å².